The lowest BCUT2D eigenvalue weighted by Crippen LogP contribution is -2.23. The summed E-state index contributed by atoms with van der Waals surface area (Å²) in [5.74, 6) is 16.5. The van der Waals surface area contributed by atoms with E-state index in [4.69, 9.17) is 18.9 Å². The Hall–Kier alpha value is -2.19. The average Bonchev–Trinajstić information content (AvgIpc) is 3.52. The number of carbonyl (C=O) groups excluding carboxylic acids is 2. The Balaban J connectivity index is 1.03. The number of fused-ring (bicyclic) bond motifs is 1. The second kappa shape index (κ2) is 21.7. The normalized spacial score (nSPS) is 30.0. The van der Waals surface area contributed by atoms with Gasteiger partial charge in [0.25, 0.3) is 0 Å². The highest BCUT2D eigenvalue weighted by Gasteiger charge is 2.38. The van der Waals surface area contributed by atoms with Crippen LogP contribution in [0.2, 0.25) is 0 Å². The van der Waals surface area contributed by atoms with Gasteiger partial charge < -0.3 is 18.9 Å². The number of ether oxygens (including phenoxy) is 4. The summed E-state index contributed by atoms with van der Waals surface area (Å²) < 4.78 is 22.3. The largest absolute Gasteiger partial charge is 0.463 e. The molecule has 0 bridgehead atoms. The number of esters is 2. The lowest BCUT2D eigenvalue weighted by molar-refractivity contribution is -0.138. The third-order valence-corrected chi connectivity index (χ3v) is 11.8. The van der Waals surface area contributed by atoms with Gasteiger partial charge >= 0.3 is 11.9 Å². The van der Waals surface area contributed by atoms with Crippen LogP contribution >= 0.6 is 11.8 Å². The van der Waals surface area contributed by atoms with E-state index in [1.54, 1.807) is 0 Å². The Morgan fingerprint density at radius 3 is 1.57 bits per heavy atom. The number of hydrogen-bond acceptors (Lipinski definition) is 7. The molecule has 0 amide bonds. The fraction of sp³-hybridized carbons (Fsp3) is 0.750. The van der Waals surface area contributed by atoms with Crippen LogP contribution in [-0.2, 0) is 28.5 Å². The highest BCUT2D eigenvalue weighted by Crippen LogP contribution is 2.47. The molecule has 0 N–H and O–H groups in total. The quantitative estimate of drug-likeness (QED) is 0.0711. The Bertz CT molecular complexity index is 1030. The molecular formula is C40H58O6S. The smallest absolute Gasteiger partial charge is 0.330 e. The maximum atomic E-state index is 11.1. The van der Waals surface area contributed by atoms with Crippen LogP contribution in [-0.4, -0.2) is 61.1 Å². The van der Waals surface area contributed by atoms with Gasteiger partial charge in [0.2, 0.25) is 0 Å². The topological polar surface area (TPSA) is 71.1 Å². The summed E-state index contributed by atoms with van der Waals surface area (Å²) in [6.07, 6.45) is 23.1. The Morgan fingerprint density at radius 2 is 1.04 bits per heavy atom. The van der Waals surface area contributed by atoms with Crippen LogP contribution in [0, 0.1) is 47.4 Å². The van der Waals surface area contributed by atoms with Gasteiger partial charge in [-0.15, -0.1) is 11.8 Å². The van der Waals surface area contributed by atoms with E-state index in [2.05, 4.69) is 48.6 Å². The predicted molar refractivity (Wildman–Crippen MR) is 190 cm³/mol. The minimum absolute atomic E-state index is 0.343. The Kier molecular flexibility index (Phi) is 17.4. The SMILES string of the molecule is C=CC(=O)OCCCCCOC1CCC(C#CC2CCC3SC(C#CC4CCC(OCCCCCOC(=O)C=C)CC4)CC3C2)CC1. The zero-order valence-corrected chi connectivity index (χ0v) is 29.4. The molecule has 4 aliphatic rings. The molecule has 0 aromatic heterocycles. The molecular weight excluding hydrogens is 609 g/mol. The van der Waals surface area contributed by atoms with Gasteiger partial charge in [-0.2, -0.15) is 0 Å². The first-order chi connectivity index (χ1) is 23.0. The van der Waals surface area contributed by atoms with E-state index in [1.165, 1.54) is 37.8 Å². The fourth-order valence-corrected chi connectivity index (χ4v) is 8.98. The van der Waals surface area contributed by atoms with Gasteiger partial charge in [-0.05, 0) is 121 Å². The van der Waals surface area contributed by atoms with Crippen LogP contribution < -0.4 is 0 Å². The summed E-state index contributed by atoms with van der Waals surface area (Å²) in [5, 5.41) is 1.28. The first-order valence-electron chi connectivity index (χ1n) is 18.5. The number of unbranched alkanes of at least 4 members (excludes halogenated alkanes) is 4. The monoisotopic (exact) mass is 666 g/mol. The molecule has 3 saturated carbocycles. The summed E-state index contributed by atoms with van der Waals surface area (Å²) in [5.41, 5.74) is 0. The molecule has 1 aliphatic heterocycles. The first-order valence-corrected chi connectivity index (χ1v) is 19.5. The van der Waals surface area contributed by atoms with E-state index in [0.29, 0.717) is 48.4 Å². The van der Waals surface area contributed by atoms with Crippen molar-refractivity contribution < 1.29 is 28.5 Å². The van der Waals surface area contributed by atoms with E-state index < -0.39 is 0 Å². The average molecular weight is 667 g/mol. The molecule has 0 spiro atoms. The van der Waals surface area contributed by atoms with Gasteiger partial charge in [-0.1, -0.05) is 36.8 Å². The summed E-state index contributed by atoms with van der Waals surface area (Å²) in [4.78, 5) is 22.1. The highest BCUT2D eigenvalue weighted by atomic mass is 32.2. The van der Waals surface area contributed by atoms with Gasteiger partial charge in [0.1, 0.15) is 0 Å². The van der Waals surface area contributed by atoms with Gasteiger partial charge in [0.05, 0.1) is 30.7 Å². The minimum Gasteiger partial charge on any atom is -0.463 e. The number of carbonyl (C=O) groups is 2. The Morgan fingerprint density at radius 1 is 0.574 bits per heavy atom. The lowest BCUT2D eigenvalue weighted by atomic mass is 9.79. The van der Waals surface area contributed by atoms with Gasteiger partial charge in [-0.25, -0.2) is 9.59 Å². The molecule has 1 saturated heterocycles. The summed E-state index contributed by atoms with van der Waals surface area (Å²) >= 11 is 2.15. The minimum atomic E-state index is -0.343. The van der Waals surface area contributed by atoms with E-state index in [9.17, 15) is 9.59 Å². The molecule has 47 heavy (non-hydrogen) atoms. The van der Waals surface area contributed by atoms with Crippen molar-refractivity contribution in [1.82, 2.24) is 0 Å². The molecule has 0 aromatic carbocycles. The third kappa shape index (κ3) is 14.4. The van der Waals surface area contributed by atoms with E-state index in [1.807, 2.05) is 0 Å². The van der Waals surface area contributed by atoms with Gasteiger partial charge in [0.15, 0.2) is 0 Å². The maximum Gasteiger partial charge on any atom is 0.330 e. The van der Waals surface area contributed by atoms with E-state index in [-0.39, 0.29) is 11.9 Å². The van der Waals surface area contributed by atoms with Crippen LogP contribution in [0.3, 0.4) is 0 Å². The standard InChI is InChI=1S/C40H58O6S/c1-3-39(41)45-27-9-5-7-25-43-35-19-13-31(14-20-35)11-12-33-18-24-38-34(29-33)30-37(47-38)23-17-32-15-21-36(22-16-32)44-26-8-6-10-28-46-40(42)4-2/h3-4,31-38H,1-2,5-10,13-16,18-22,24-30H2. The van der Waals surface area contributed by atoms with E-state index in [0.717, 1.165) is 114 Å². The molecule has 0 radical (unpaired) electrons. The molecule has 4 atom stereocenters. The van der Waals surface area contributed by atoms with Crippen molar-refractivity contribution in [2.75, 3.05) is 26.4 Å². The van der Waals surface area contributed by atoms with Crippen molar-refractivity contribution in [3.05, 3.63) is 25.3 Å². The predicted octanol–water partition coefficient (Wildman–Crippen LogP) is 8.23. The van der Waals surface area contributed by atoms with Gasteiger partial charge in [0, 0.05) is 48.4 Å². The summed E-state index contributed by atoms with van der Waals surface area (Å²) in [6, 6.07) is 0. The lowest BCUT2D eigenvalue weighted by Gasteiger charge is -2.29. The van der Waals surface area contributed by atoms with Crippen molar-refractivity contribution in [3.63, 3.8) is 0 Å². The van der Waals surface area contributed by atoms with E-state index >= 15 is 0 Å². The first kappa shape index (κ1) is 37.6. The summed E-state index contributed by atoms with van der Waals surface area (Å²) in [7, 11) is 0. The number of rotatable bonds is 16. The zero-order chi connectivity index (χ0) is 33.1. The van der Waals surface area contributed by atoms with Crippen LogP contribution in [0.4, 0.5) is 0 Å². The summed E-state index contributed by atoms with van der Waals surface area (Å²) in [6.45, 7) is 9.34. The molecule has 7 heteroatoms. The molecule has 4 fully saturated rings. The van der Waals surface area contributed by atoms with Crippen molar-refractivity contribution in [1.29, 1.82) is 0 Å². The van der Waals surface area contributed by atoms with Gasteiger partial charge in [-0.3, -0.25) is 0 Å². The van der Waals surface area contributed by atoms with Crippen molar-refractivity contribution in [2.24, 2.45) is 23.7 Å². The van der Waals surface area contributed by atoms with Crippen LogP contribution in [0.25, 0.3) is 0 Å². The van der Waals surface area contributed by atoms with Crippen molar-refractivity contribution in [3.8, 4) is 23.7 Å². The second-order valence-corrected chi connectivity index (χ2v) is 15.2. The zero-order valence-electron chi connectivity index (χ0n) is 28.6. The molecule has 260 valence electrons. The van der Waals surface area contributed by atoms with Crippen LogP contribution in [0.5, 0.6) is 0 Å². The molecule has 4 rings (SSSR count). The number of hydrogen-bond donors (Lipinski definition) is 0. The van der Waals surface area contributed by atoms with Crippen molar-refractivity contribution in [2.45, 2.75) is 138 Å². The van der Waals surface area contributed by atoms with Crippen LogP contribution in [0.15, 0.2) is 25.3 Å². The highest BCUT2D eigenvalue weighted by molar-refractivity contribution is 8.01. The molecule has 1 heterocycles. The maximum absolute atomic E-state index is 11.1. The van der Waals surface area contributed by atoms with Crippen molar-refractivity contribution >= 4 is 23.7 Å². The molecule has 6 nitrogen and oxygen atoms in total. The Labute approximate surface area is 288 Å². The molecule has 4 unspecified atom stereocenters. The molecule has 0 aromatic rings. The second-order valence-electron chi connectivity index (χ2n) is 13.8. The fourth-order valence-electron chi connectivity index (χ4n) is 7.35. The number of thioether (sulfide) groups is 1. The molecule has 3 aliphatic carbocycles. The third-order valence-electron chi connectivity index (χ3n) is 10.2. The van der Waals surface area contributed by atoms with Crippen LogP contribution in [0.1, 0.15) is 116 Å².